The van der Waals surface area contributed by atoms with Crippen LogP contribution in [0.1, 0.15) is 5.56 Å². The molecular formula is C11H10ClN. The van der Waals surface area contributed by atoms with Crippen LogP contribution < -0.4 is 5.32 Å². The van der Waals surface area contributed by atoms with Crippen LogP contribution in [0.3, 0.4) is 0 Å². The van der Waals surface area contributed by atoms with E-state index in [4.69, 9.17) is 11.6 Å². The number of fused-ring (bicyclic) bond motifs is 1. The number of benzene rings is 1. The molecule has 2 aliphatic rings. The maximum atomic E-state index is 5.82. The summed E-state index contributed by atoms with van der Waals surface area (Å²) in [6.45, 7) is 1.14. The van der Waals surface area contributed by atoms with Crippen molar-refractivity contribution in [2.75, 3.05) is 6.54 Å². The molecule has 0 radical (unpaired) electrons. The van der Waals surface area contributed by atoms with Crippen LogP contribution in [0.25, 0.3) is 5.57 Å². The van der Waals surface area contributed by atoms with Crippen LogP contribution in [0.2, 0.25) is 5.02 Å². The fourth-order valence-electron chi connectivity index (χ4n) is 2.00. The van der Waals surface area contributed by atoms with Crippen LogP contribution in [0.15, 0.2) is 30.3 Å². The van der Waals surface area contributed by atoms with E-state index >= 15 is 0 Å². The number of hydrogen-bond donors (Lipinski definition) is 1. The molecule has 13 heavy (non-hydrogen) atoms. The summed E-state index contributed by atoms with van der Waals surface area (Å²) in [5.74, 6) is 0.765. The van der Waals surface area contributed by atoms with Crippen LogP contribution >= 0.6 is 11.6 Å². The Morgan fingerprint density at radius 2 is 2.00 bits per heavy atom. The third-order valence-corrected chi connectivity index (χ3v) is 3.20. The molecule has 1 aliphatic carbocycles. The zero-order valence-electron chi connectivity index (χ0n) is 7.13. The Morgan fingerprint density at radius 3 is 2.46 bits per heavy atom. The Kier molecular flexibility index (Phi) is 1.52. The quantitative estimate of drug-likeness (QED) is 0.719. The van der Waals surface area contributed by atoms with Crippen LogP contribution in [0.5, 0.6) is 0 Å². The third-order valence-electron chi connectivity index (χ3n) is 2.94. The van der Waals surface area contributed by atoms with Crippen LogP contribution in [-0.2, 0) is 0 Å². The first-order valence-electron chi connectivity index (χ1n) is 4.55. The second-order valence-corrected chi connectivity index (χ2v) is 4.11. The van der Waals surface area contributed by atoms with Gasteiger partial charge in [0.2, 0.25) is 0 Å². The molecule has 0 aromatic heterocycles. The average Bonchev–Trinajstić information content (AvgIpc) is 2.12. The van der Waals surface area contributed by atoms with Crippen LogP contribution in [-0.4, -0.2) is 12.6 Å². The lowest BCUT2D eigenvalue weighted by Crippen LogP contribution is -2.57. The van der Waals surface area contributed by atoms with Gasteiger partial charge >= 0.3 is 0 Å². The monoisotopic (exact) mass is 191 g/mol. The van der Waals surface area contributed by atoms with Gasteiger partial charge in [0.05, 0.1) is 0 Å². The maximum absolute atomic E-state index is 5.82. The van der Waals surface area contributed by atoms with E-state index in [0.29, 0.717) is 6.04 Å². The lowest BCUT2D eigenvalue weighted by atomic mass is 9.71. The summed E-state index contributed by atoms with van der Waals surface area (Å²) < 4.78 is 0. The lowest BCUT2D eigenvalue weighted by Gasteiger charge is -2.46. The molecule has 0 spiro atoms. The van der Waals surface area contributed by atoms with E-state index in [-0.39, 0.29) is 0 Å². The van der Waals surface area contributed by atoms with Crippen molar-refractivity contribution < 1.29 is 0 Å². The normalized spacial score (nSPS) is 29.8. The SMILES string of the molecule is Clc1ccc(C2=CC3NCC23)cc1. The van der Waals surface area contributed by atoms with Gasteiger partial charge in [-0.25, -0.2) is 0 Å². The predicted molar refractivity (Wildman–Crippen MR) is 54.7 cm³/mol. The van der Waals surface area contributed by atoms with E-state index in [1.54, 1.807) is 0 Å². The first kappa shape index (κ1) is 7.60. The Labute approximate surface area is 82.4 Å². The molecule has 0 bridgehead atoms. The zero-order valence-corrected chi connectivity index (χ0v) is 7.88. The fourth-order valence-corrected chi connectivity index (χ4v) is 2.13. The van der Waals surface area contributed by atoms with Crippen molar-refractivity contribution in [3.63, 3.8) is 0 Å². The van der Waals surface area contributed by atoms with E-state index in [9.17, 15) is 0 Å². The Hall–Kier alpha value is -0.790. The molecular weight excluding hydrogens is 182 g/mol. The maximum Gasteiger partial charge on any atom is 0.0406 e. The van der Waals surface area contributed by atoms with Gasteiger partial charge < -0.3 is 5.32 Å². The van der Waals surface area contributed by atoms with E-state index in [0.717, 1.165) is 17.5 Å². The highest BCUT2D eigenvalue weighted by molar-refractivity contribution is 6.30. The van der Waals surface area contributed by atoms with Gasteiger partial charge in [-0.3, -0.25) is 0 Å². The van der Waals surface area contributed by atoms with Gasteiger partial charge in [-0.2, -0.15) is 0 Å². The summed E-state index contributed by atoms with van der Waals surface area (Å²) in [6, 6.07) is 8.77. The lowest BCUT2D eigenvalue weighted by molar-refractivity contribution is 0.318. The van der Waals surface area contributed by atoms with Gasteiger partial charge in [-0.05, 0) is 23.3 Å². The van der Waals surface area contributed by atoms with Crippen molar-refractivity contribution in [1.29, 1.82) is 0 Å². The van der Waals surface area contributed by atoms with Crippen LogP contribution in [0, 0.1) is 5.92 Å². The molecule has 1 saturated heterocycles. The van der Waals surface area contributed by atoms with Gasteiger partial charge in [0.1, 0.15) is 0 Å². The van der Waals surface area contributed by atoms with E-state index in [2.05, 4.69) is 23.5 Å². The highest BCUT2D eigenvalue weighted by Crippen LogP contribution is 2.40. The molecule has 0 amide bonds. The first-order valence-corrected chi connectivity index (χ1v) is 4.93. The summed E-state index contributed by atoms with van der Waals surface area (Å²) in [7, 11) is 0. The molecule has 2 unspecified atom stereocenters. The number of halogens is 1. The molecule has 1 aromatic rings. The summed E-state index contributed by atoms with van der Waals surface area (Å²) in [4.78, 5) is 0. The van der Waals surface area contributed by atoms with Gasteiger partial charge in [-0.1, -0.05) is 29.8 Å². The molecule has 2 heteroatoms. The van der Waals surface area contributed by atoms with Crippen molar-refractivity contribution in [2.45, 2.75) is 6.04 Å². The third kappa shape index (κ3) is 1.04. The van der Waals surface area contributed by atoms with E-state index in [1.165, 1.54) is 11.1 Å². The summed E-state index contributed by atoms with van der Waals surface area (Å²) >= 11 is 5.82. The van der Waals surface area contributed by atoms with E-state index < -0.39 is 0 Å². The van der Waals surface area contributed by atoms with Crippen molar-refractivity contribution in [3.8, 4) is 0 Å². The number of rotatable bonds is 1. The average molecular weight is 192 g/mol. The minimum Gasteiger partial charge on any atom is -0.309 e. The van der Waals surface area contributed by atoms with Gasteiger partial charge in [-0.15, -0.1) is 0 Å². The molecule has 1 heterocycles. The number of nitrogens with one attached hydrogen (secondary N) is 1. The Morgan fingerprint density at radius 1 is 1.23 bits per heavy atom. The minimum atomic E-state index is 0.658. The summed E-state index contributed by atoms with van der Waals surface area (Å²) in [6.07, 6.45) is 2.30. The summed E-state index contributed by atoms with van der Waals surface area (Å²) in [5, 5.41) is 4.17. The summed E-state index contributed by atoms with van der Waals surface area (Å²) in [5.41, 5.74) is 2.81. The fraction of sp³-hybridized carbons (Fsp3) is 0.273. The molecule has 1 nitrogen and oxygen atoms in total. The number of hydrogen-bond acceptors (Lipinski definition) is 1. The first-order chi connectivity index (χ1) is 6.34. The second kappa shape index (κ2) is 2.60. The molecule has 1 aromatic carbocycles. The van der Waals surface area contributed by atoms with Gasteiger partial charge in [0, 0.05) is 23.5 Å². The predicted octanol–water partition coefficient (Wildman–Crippen LogP) is 2.33. The smallest absolute Gasteiger partial charge is 0.0406 e. The largest absolute Gasteiger partial charge is 0.309 e. The van der Waals surface area contributed by atoms with Crippen molar-refractivity contribution in [1.82, 2.24) is 5.32 Å². The van der Waals surface area contributed by atoms with E-state index in [1.807, 2.05) is 12.1 Å². The molecule has 0 saturated carbocycles. The Bertz CT molecular complexity index is 366. The molecule has 66 valence electrons. The van der Waals surface area contributed by atoms with Crippen molar-refractivity contribution >= 4 is 17.2 Å². The van der Waals surface area contributed by atoms with Gasteiger partial charge in [0.25, 0.3) is 0 Å². The molecule has 1 N–H and O–H groups in total. The molecule has 1 fully saturated rings. The standard InChI is InChI=1S/C11H10ClN/c12-8-3-1-7(2-4-8)9-5-11-10(9)6-13-11/h1-5,10-11,13H,6H2. The zero-order chi connectivity index (χ0) is 8.84. The van der Waals surface area contributed by atoms with Crippen molar-refractivity contribution in [2.24, 2.45) is 5.92 Å². The second-order valence-electron chi connectivity index (χ2n) is 3.67. The van der Waals surface area contributed by atoms with Gasteiger partial charge in [0.15, 0.2) is 0 Å². The minimum absolute atomic E-state index is 0.658. The molecule has 2 atom stereocenters. The van der Waals surface area contributed by atoms with Crippen LogP contribution in [0.4, 0.5) is 0 Å². The molecule has 1 aliphatic heterocycles. The topological polar surface area (TPSA) is 12.0 Å². The van der Waals surface area contributed by atoms with Crippen molar-refractivity contribution in [3.05, 3.63) is 40.9 Å². The highest BCUT2D eigenvalue weighted by Gasteiger charge is 2.39. The Balaban J connectivity index is 1.93. The molecule has 3 rings (SSSR count). The highest BCUT2D eigenvalue weighted by atomic mass is 35.5.